The van der Waals surface area contributed by atoms with Crippen LogP contribution in [0.1, 0.15) is 31.1 Å². The van der Waals surface area contributed by atoms with E-state index in [9.17, 15) is 5.11 Å². The van der Waals surface area contributed by atoms with Crippen molar-refractivity contribution in [3.05, 3.63) is 51.8 Å². The Balaban J connectivity index is 1.84. The molecule has 2 heterocycles. The van der Waals surface area contributed by atoms with Crippen molar-refractivity contribution in [3.8, 4) is 11.5 Å². The second-order valence-electron chi connectivity index (χ2n) is 5.61. The third-order valence-corrected chi connectivity index (χ3v) is 4.07. The summed E-state index contributed by atoms with van der Waals surface area (Å²) in [5, 5.41) is 11.3. The molecular formula is C16H15Cl2NO3. The number of aliphatic hydroxyl groups excluding tert-OH is 1. The van der Waals surface area contributed by atoms with Crippen molar-refractivity contribution in [1.82, 2.24) is 4.98 Å². The zero-order chi connectivity index (χ0) is 15.9. The molecule has 2 aromatic rings. The zero-order valence-corrected chi connectivity index (χ0v) is 13.6. The maximum Gasteiger partial charge on any atom is 0.246 e. The Morgan fingerprint density at radius 1 is 1.14 bits per heavy atom. The van der Waals surface area contributed by atoms with Gasteiger partial charge in [-0.25, -0.2) is 0 Å². The maximum atomic E-state index is 10.5. The number of benzene rings is 1. The van der Waals surface area contributed by atoms with Crippen LogP contribution in [0.5, 0.6) is 11.5 Å². The first-order valence-corrected chi connectivity index (χ1v) is 7.59. The molecule has 22 heavy (non-hydrogen) atoms. The van der Waals surface area contributed by atoms with Crippen LogP contribution in [0.2, 0.25) is 10.0 Å². The van der Waals surface area contributed by atoms with Crippen molar-refractivity contribution in [3.63, 3.8) is 0 Å². The van der Waals surface area contributed by atoms with E-state index in [1.165, 1.54) is 12.4 Å². The highest BCUT2D eigenvalue weighted by atomic mass is 35.5. The number of hydrogen-bond donors (Lipinski definition) is 1. The third-order valence-electron chi connectivity index (χ3n) is 3.41. The predicted octanol–water partition coefficient (Wildman–Crippen LogP) is 4.17. The average molecular weight is 340 g/mol. The van der Waals surface area contributed by atoms with Crippen molar-refractivity contribution < 1.29 is 14.6 Å². The second kappa shape index (κ2) is 5.61. The maximum absolute atomic E-state index is 10.5. The van der Waals surface area contributed by atoms with Crippen molar-refractivity contribution in [2.24, 2.45) is 0 Å². The Kier molecular flexibility index (Phi) is 3.93. The first-order valence-electron chi connectivity index (χ1n) is 6.83. The number of halogens is 2. The lowest BCUT2D eigenvalue weighted by atomic mass is 10.0. The lowest BCUT2D eigenvalue weighted by molar-refractivity contribution is -0.0432. The number of nitrogens with zero attached hydrogens (tertiary/aromatic N) is 1. The molecule has 1 atom stereocenters. The fourth-order valence-electron chi connectivity index (χ4n) is 2.39. The summed E-state index contributed by atoms with van der Waals surface area (Å²) in [5.41, 5.74) is 1.38. The van der Waals surface area contributed by atoms with Gasteiger partial charge in [-0.1, -0.05) is 29.3 Å². The molecular weight excluding hydrogens is 325 g/mol. The Bertz CT molecular complexity index is 698. The van der Waals surface area contributed by atoms with Crippen LogP contribution in [0.4, 0.5) is 0 Å². The Hall–Kier alpha value is -1.49. The molecule has 0 bridgehead atoms. The Labute approximate surface area is 138 Å². The number of rotatable bonds is 3. The molecule has 0 fully saturated rings. The van der Waals surface area contributed by atoms with Gasteiger partial charge < -0.3 is 14.6 Å². The van der Waals surface area contributed by atoms with E-state index in [-0.39, 0.29) is 0 Å². The molecule has 1 N–H and O–H groups in total. The summed E-state index contributed by atoms with van der Waals surface area (Å²) in [6, 6.07) is 5.37. The van der Waals surface area contributed by atoms with Crippen LogP contribution in [0.3, 0.4) is 0 Å². The molecule has 0 saturated heterocycles. The largest absolute Gasteiger partial charge is 0.449 e. The molecule has 116 valence electrons. The van der Waals surface area contributed by atoms with Gasteiger partial charge in [0.2, 0.25) is 5.79 Å². The monoisotopic (exact) mass is 339 g/mol. The molecule has 0 radical (unpaired) electrons. The van der Waals surface area contributed by atoms with Gasteiger partial charge in [-0.3, -0.25) is 4.98 Å². The van der Waals surface area contributed by atoms with Gasteiger partial charge in [0.1, 0.15) is 0 Å². The third kappa shape index (κ3) is 3.00. The fraction of sp³-hybridized carbons (Fsp3) is 0.312. The van der Waals surface area contributed by atoms with Crippen LogP contribution in [-0.4, -0.2) is 15.9 Å². The molecule has 1 aliphatic heterocycles. The summed E-state index contributed by atoms with van der Waals surface area (Å²) in [5.74, 6) is 0.596. The number of pyridine rings is 1. The first-order chi connectivity index (χ1) is 10.4. The standard InChI is InChI=1S/C16H15Cl2NO3/c1-16(2)21-14-4-3-9(5-15(14)22-16)13(20)6-10-11(17)7-19-8-12(10)18/h3-5,7-8,13,20H,6H2,1-2H3. The quantitative estimate of drug-likeness (QED) is 0.911. The topological polar surface area (TPSA) is 51.6 Å². The van der Waals surface area contributed by atoms with Gasteiger partial charge in [-0.2, -0.15) is 0 Å². The van der Waals surface area contributed by atoms with Gasteiger partial charge in [0.05, 0.1) is 16.1 Å². The zero-order valence-electron chi connectivity index (χ0n) is 12.1. The lowest BCUT2D eigenvalue weighted by Gasteiger charge is -2.16. The lowest BCUT2D eigenvalue weighted by Crippen LogP contribution is -2.29. The second-order valence-corrected chi connectivity index (χ2v) is 6.43. The molecule has 0 spiro atoms. The van der Waals surface area contributed by atoms with Gasteiger partial charge in [0.15, 0.2) is 11.5 Å². The van der Waals surface area contributed by atoms with E-state index in [4.69, 9.17) is 32.7 Å². The van der Waals surface area contributed by atoms with Crippen LogP contribution >= 0.6 is 23.2 Å². The normalized spacial score (nSPS) is 16.6. The van der Waals surface area contributed by atoms with E-state index in [0.29, 0.717) is 39.1 Å². The van der Waals surface area contributed by atoms with Crippen LogP contribution in [0.15, 0.2) is 30.6 Å². The molecule has 1 unspecified atom stereocenters. The summed E-state index contributed by atoms with van der Waals surface area (Å²) in [7, 11) is 0. The minimum absolute atomic E-state index is 0.295. The Morgan fingerprint density at radius 2 is 1.77 bits per heavy atom. The fourth-order valence-corrected chi connectivity index (χ4v) is 2.91. The van der Waals surface area contributed by atoms with E-state index in [1.54, 1.807) is 18.2 Å². The van der Waals surface area contributed by atoms with Crippen LogP contribution in [-0.2, 0) is 6.42 Å². The van der Waals surface area contributed by atoms with E-state index in [2.05, 4.69) is 4.98 Å². The Morgan fingerprint density at radius 3 is 2.45 bits per heavy atom. The van der Waals surface area contributed by atoms with Crippen molar-refractivity contribution in [2.75, 3.05) is 0 Å². The van der Waals surface area contributed by atoms with E-state index >= 15 is 0 Å². The molecule has 4 nitrogen and oxygen atoms in total. The van der Waals surface area contributed by atoms with E-state index in [1.807, 2.05) is 13.8 Å². The molecule has 1 aromatic carbocycles. The number of fused-ring (bicyclic) bond motifs is 1. The minimum Gasteiger partial charge on any atom is -0.449 e. The van der Waals surface area contributed by atoms with Gasteiger partial charge in [-0.15, -0.1) is 0 Å². The van der Waals surface area contributed by atoms with E-state index < -0.39 is 11.9 Å². The van der Waals surface area contributed by atoms with Crippen molar-refractivity contribution in [1.29, 1.82) is 0 Å². The van der Waals surface area contributed by atoms with Crippen molar-refractivity contribution in [2.45, 2.75) is 32.2 Å². The molecule has 0 amide bonds. The van der Waals surface area contributed by atoms with E-state index in [0.717, 1.165) is 0 Å². The molecule has 1 aromatic heterocycles. The average Bonchev–Trinajstić information content (AvgIpc) is 2.75. The smallest absolute Gasteiger partial charge is 0.246 e. The predicted molar refractivity (Wildman–Crippen MR) is 84.7 cm³/mol. The highest BCUT2D eigenvalue weighted by Crippen LogP contribution is 2.41. The number of aliphatic hydroxyl groups is 1. The van der Waals surface area contributed by atoms with Gasteiger partial charge in [0, 0.05) is 32.7 Å². The highest BCUT2D eigenvalue weighted by Gasteiger charge is 2.32. The number of aromatic nitrogens is 1. The molecule has 3 rings (SSSR count). The molecule has 6 heteroatoms. The van der Waals surface area contributed by atoms with Gasteiger partial charge in [-0.05, 0) is 23.3 Å². The minimum atomic E-state index is -0.755. The van der Waals surface area contributed by atoms with Gasteiger partial charge in [0.25, 0.3) is 0 Å². The summed E-state index contributed by atoms with van der Waals surface area (Å²) in [6.45, 7) is 3.67. The molecule has 1 aliphatic rings. The van der Waals surface area contributed by atoms with Crippen LogP contribution in [0, 0.1) is 0 Å². The number of ether oxygens (including phenoxy) is 2. The molecule has 0 aliphatic carbocycles. The summed E-state index contributed by atoms with van der Waals surface area (Å²) < 4.78 is 11.3. The molecule has 0 saturated carbocycles. The van der Waals surface area contributed by atoms with Crippen LogP contribution in [0.25, 0.3) is 0 Å². The highest BCUT2D eigenvalue weighted by molar-refractivity contribution is 6.35. The first kappa shape index (κ1) is 15.4. The SMILES string of the molecule is CC1(C)Oc2ccc(C(O)Cc3c(Cl)cncc3Cl)cc2O1. The summed E-state index contributed by atoms with van der Waals surface area (Å²) in [6.07, 6.45) is 2.56. The summed E-state index contributed by atoms with van der Waals surface area (Å²) >= 11 is 12.2. The van der Waals surface area contributed by atoms with Crippen LogP contribution < -0.4 is 9.47 Å². The summed E-state index contributed by atoms with van der Waals surface area (Å²) in [4.78, 5) is 3.91. The van der Waals surface area contributed by atoms with Gasteiger partial charge >= 0.3 is 0 Å². The van der Waals surface area contributed by atoms with Crippen molar-refractivity contribution >= 4 is 23.2 Å². The number of hydrogen-bond acceptors (Lipinski definition) is 4.